The van der Waals surface area contributed by atoms with Gasteiger partial charge in [0, 0.05) is 37.2 Å². The van der Waals surface area contributed by atoms with Gasteiger partial charge in [-0.25, -0.2) is 0 Å². The Balaban J connectivity index is 1.49. The van der Waals surface area contributed by atoms with Crippen LogP contribution >= 0.6 is 0 Å². The van der Waals surface area contributed by atoms with Crippen LogP contribution in [-0.2, 0) is 9.59 Å². The van der Waals surface area contributed by atoms with Gasteiger partial charge in [0.15, 0.2) is 11.5 Å². The molecule has 1 aromatic carbocycles. The van der Waals surface area contributed by atoms with Gasteiger partial charge in [-0.2, -0.15) is 0 Å². The Hall–Kier alpha value is -2.24. The number of ether oxygens (including phenoxy) is 2. The molecule has 3 rings (SSSR count). The highest BCUT2D eigenvalue weighted by molar-refractivity contribution is 5.93. The predicted octanol–water partition coefficient (Wildman–Crippen LogP) is 3.46. The molecule has 2 amide bonds. The molecule has 1 saturated carbocycles. The largest absolute Gasteiger partial charge is 0.486 e. The molecule has 0 atom stereocenters. The Morgan fingerprint density at radius 3 is 2.44 bits per heavy atom. The summed E-state index contributed by atoms with van der Waals surface area (Å²) in [6.07, 6.45) is 5.21. The van der Waals surface area contributed by atoms with E-state index in [1.54, 1.807) is 0 Å². The van der Waals surface area contributed by atoms with Gasteiger partial charge in [-0.3, -0.25) is 9.59 Å². The number of nitrogens with zero attached hydrogens (tertiary/aromatic N) is 1. The first-order chi connectivity index (χ1) is 13.1. The van der Waals surface area contributed by atoms with Crippen molar-refractivity contribution >= 4 is 17.5 Å². The van der Waals surface area contributed by atoms with Gasteiger partial charge in [-0.1, -0.05) is 13.3 Å². The van der Waals surface area contributed by atoms with Crippen molar-refractivity contribution in [1.82, 2.24) is 4.90 Å². The SMILES string of the molecule is CCCCN(C)C(=O)C1CCC(C(=O)Nc2ccc3c(c2)OCCO3)CC1. The number of fused-ring (bicyclic) bond motifs is 1. The minimum Gasteiger partial charge on any atom is -0.486 e. The lowest BCUT2D eigenvalue weighted by Crippen LogP contribution is -2.37. The summed E-state index contributed by atoms with van der Waals surface area (Å²) >= 11 is 0. The molecule has 1 fully saturated rings. The van der Waals surface area contributed by atoms with Crippen molar-refractivity contribution in [3.8, 4) is 11.5 Å². The molecule has 6 heteroatoms. The number of anilines is 1. The molecular weight excluding hydrogens is 344 g/mol. The molecule has 0 unspecified atom stereocenters. The lowest BCUT2D eigenvalue weighted by molar-refractivity contribution is -0.136. The van der Waals surface area contributed by atoms with Crippen LogP contribution < -0.4 is 14.8 Å². The zero-order valence-corrected chi connectivity index (χ0v) is 16.3. The molecule has 148 valence electrons. The zero-order chi connectivity index (χ0) is 19.2. The smallest absolute Gasteiger partial charge is 0.227 e. The van der Waals surface area contributed by atoms with Crippen molar-refractivity contribution in [2.45, 2.75) is 45.4 Å². The highest BCUT2D eigenvalue weighted by atomic mass is 16.6. The van der Waals surface area contributed by atoms with Crippen LogP contribution in [0.5, 0.6) is 11.5 Å². The molecule has 27 heavy (non-hydrogen) atoms. The number of carbonyl (C=O) groups is 2. The van der Waals surface area contributed by atoms with Crippen molar-refractivity contribution in [3.05, 3.63) is 18.2 Å². The number of amides is 2. The van der Waals surface area contributed by atoms with Gasteiger partial charge in [0.05, 0.1) is 0 Å². The van der Waals surface area contributed by atoms with Crippen LogP contribution in [0.1, 0.15) is 45.4 Å². The van der Waals surface area contributed by atoms with Crippen LogP contribution in [-0.4, -0.2) is 43.5 Å². The van der Waals surface area contributed by atoms with E-state index in [0.717, 1.165) is 50.8 Å². The van der Waals surface area contributed by atoms with Gasteiger partial charge in [0.1, 0.15) is 13.2 Å². The molecule has 1 aliphatic carbocycles. The Bertz CT molecular complexity index is 668. The maximum absolute atomic E-state index is 12.6. The summed E-state index contributed by atoms with van der Waals surface area (Å²) in [4.78, 5) is 27.0. The topological polar surface area (TPSA) is 67.9 Å². The van der Waals surface area contributed by atoms with E-state index in [1.807, 2.05) is 30.1 Å². The molecule has 0 bridgehead atoms. The summed E-state index contributed by atoms with van der Waals surface area (Å²) in [5, 5.41) is 2.99. The average molecular weight is 374 g/mol. The Kier molecular flexibility index (Phi) is 6.58. The predicted molar refractivity (Wildman–Crippen MR) is 104 cm³/mol. The van der Waals surface area contributed by atoms with Crippen molar-refractivity contribution in [2.24, 2.45) is 11.8 Å². The molecule has 0 saturated heterocycles. The van der Waals surface area contributed by atoms with Crippen molar-refractivity contribution in [2.75, 3.05) is 32.1 Å². The number of unbranched alkanes of at least 4 members (excludes halogenated alkanes) is 1. The molecule has 0 aromatic heterocycles. The molecule has 2 aliphatic rings. The molecule has 1 aliphatic heterocycles. The van der Waals surface area contributed by atoms with Crippen molar-refractivity contribution in [1.29, 1.82) is 0 Å². The second-order valence-electron chi connectivity index (χ2n) is 7.51. The summed E-state index contributed by atoms with van der Waals surface area (Å²) in [6, 6.07) is 5.47. The van der Waals surface area contributed by atoms with E-state index in [0.29, 0.717) is 24.7 Å². The van der Waals surface area contributed by atoms with Crippen LogP contribution in [0.15, 0.2) is 18.2 Å². The number of nitrogens with one attached hydrogen (secondary N) is 1. The van der Waals surface area contributed by atoms with E-state index < -0.39 is 0 Å². The molecule has 1 aromatic rings. The first kappa shape index (κ1) is 19.5. The highest BCUT2D eigenvalue weighted by Gasteiger charge is 2.31. The fraction of sp³-hybridized carbons (Fsp3) is 0.619. The summed E-state index contributed by atoms with van der Waals surface area (Å²) in [7, 11) is 1.89. The molecule has 1 heterocycles. The van der Waals surface area contributed by atoms with Crippen LogP contribution in [0.4, 0.5) is 5.69 Å². The quantitative estimate of drug-likeness (QED) is 0.828. The van der Waals surface area contributed by atoms with Crippen LogP contribution in [0.25, 0.3) is 0 Å². The standard InChI is InChI=1S/C21H30N2O4/c1-3-4-11-23(2)21(25)16-7-5-15(6-8-16)20(24)22-17-9-10-18-19(14-17)27-13-12-26-18/h9-10,14-16H,3-8,11-13H2,1-2H3,(H,22,24). The van der Waals surface area contributed by atoms with Gasteiger partial charge in [0.2, 0.25) is 11.8 Å². The third-order valence-corrected chi connectivity index (χ3v) is 5.48. The number of rotatable bonds is 6. The second-order valence-corrected chi connectivity index (χ2v) is 7.51. The van der Waals surface area contributed by atoms with E-state index in [4.69, 9.17) is 9.47 Å². The summed E-state index contributed by atoms with van der Waals surface area (Å²) in [5.41, 5.74) is 0.724. The van der Waals surface area contributed by atoms with Crippen molar-refractivity contribution in [3.63, 3.8) is 0 Å². The van der Waals surface area contributed by atoms with Gasteiger partial charge >= 0.3 is 0 Å². The third-order valence-electron chi connectivity index (χ3n) is 5.48. The van der Waals surface area contributed by atoms with Gasteiger partial charge in [-0.15, -0.1) is 0 Å². The van der Waals surface area contributed by atoms with E-state index in [1.165, 1.54) is 0 Å². The molecule has 0 radical (unpaired) electrons. The summed E-state index contributed by atoms with van der Waals surface area (Å²) in [5.74, 6) is 1.66. The van der Waals surface area contributed by atoms with Gasteiger partial charge < -0.3 is 19.7 Å². The van der Waals surface area contributed by atoms with E-state index >= 15 is 0 Å². The van der Waals surface area contributed by atoms with E-state index in [2.05, 4.69) is 12.2 Å². The Morgan fingerprint density at radius 1 is 1.07 bits per heavy atom. The number of hydrogen-bond donors (Lipinski definition) is 1. The third kappa shape index (κ3) is 4.93. The maximum Gasteiger partial charge on any atom is 0.227 e. The molecule has 0 spiro atoms. The van der Waals surface area contributed by atoms with Gasteiger partial charge in [0.25, 0.3) is 0 Å². The average Bonchev–Trinajstić information content (AvgIpc) is 2.71. The van der Waals surface area contributed by atoms with Crippen LogP contribution in [0.2, 0.25) is 0 Å². The first-order valence-electron chi connectivity index (χ1n) is 10.0. The number of hydrogen-bond acceptors (Lipinski definition) is 4. The minimum absolute atomic E-state index is 0.0249. The second kappa shape index (κ2) is 9.11. The van der Waals surface area contributed by atoms with Crippen molar-refractivity contribution < 1.29 is 19.1 Å². The molecule has 1 N–H and O–H groups in total. The normalized spacial score (nSPS) is 21.4. The highest BCUT2D eigenvalue weighted by Crippen LogP contribution is 2.34. The minimum atomic E-state index is -0.0387. The fourth-order valence-electron chi connectivity index (χ4n) is 3.79. The summed E-state index contributed by atoms with van der Waals surface area (Å²) in [6.45, 7) is 4.02. The Morgan fingerprint density at radius 2 is 1.74 bits per heavy atom. The van der Waals surface area contributed by atoms with E-state index in [9.17, 15) is 9.59 Å². The lowest BCUT2D eigenvalue weighted by atomic mass is 9.81. The molecule has 6 nitrogen and oxygen atoms in total. The van der Waals surface area contributed by atoms with Crippen LogP contribution in [0.3, 0.4) is 0 Å². The number of carbonyl (C=O) groups excluding carboxylic acids is 2. The monoisotopic (exact) mass is 374 g/mol. The van der Waals surface area contributed by atoms with Crippen LogP contribution in [0, 0.1) is 11.8 Å². The molecular formula is C21H30N2O4. The van der Waals surface area contributed by atoms with Gasteiger partial charge in [-0.05, 0) is 44.2 Å². The number of benzene rings is 1. The Labute approximate surface area is 161 Å². The lowest BCUT2D eigenvalue weighted by Gasteiger charge is -2.30. The summed E-state index contributed by atoms with van der Waals surface area (Å²) < 4.78 is 11.1. The first-order valence-corrected chi connectivity index (χ1v) is 10.0. The fourth-order valence-corrected chi connectivity index (χ4v) is 3.79. The maximum atomic E-state index is 12.6. The zero-order valence-electron chi connectivity index (χ0n) is 16.3. The van der Waals surface area contributed by atoms with E-state index in [-0.39, 0.29) is 23.7 Å².